The maximum Gasteiger partial charge on any atom is 0.313 e. The van der Waals surface area contributed by atoms with Gasteiger partial charge in [0, 0.05) is 18.3 Å². The van der Waals surface area contributed by atoms with Gasteiger partial charge in [0.05, 0.1) is 4.90 Å². The van der Waals surface area contributed by atoms with Gasteiger partial charge in [0.25, 0.3) is 0 Å². The maximum atomic E-state index is 12.1. The van der Waals surface area contributed by atoms with Crippen molar-refractivity contribution in [1.82, 2.24) is 10.0 Å². The lowest BCUT2D eigenvalue weighted by atomic mass is 10.1. The molecule has 3 N–H and O–H groups in total. The maximum absolute atomic E-state index is 12.1. The molecule has 0 aliphatic carbocycles. The van der Waals surface area contributed by atoms with Crippen molar-refractivity contribution in [2.45, 2.75) is 45.1 Å². The second-order valence-electron chi connectivity index (χ2n) is 7.26. The van der Waals surface area contributed by atoms with Crippen molar-refractivity contribution in [2.75, 3.05) is 11.9 Å². The minimum atomic E-state index is -3.53. The van der Waals surface area contributed by atoms with Crippen LogP contribution in [0.4, 0.5) is 5.69 Å². The first-order valence-electron chi connectivity index (χ1n) is 9.35. The van der Waals surface area contributed by atoms with Gasteiger partial charge in [-0.05, 0) is 75.1 Å². The van der Waals surface area contributed by atoms with Crippen LogP contribution in [0.3, 0.4) is 0 Å². The zero-order valence-electron chi connectivity index (χ0n) is 17.1. The van der Waals surface area contributed by atoms with Gasteiger partial charge in [0.1, 0.15) is 0 Å². The first-order valence-corrected chi connectivity index (χ1v) is 10.8. The second-order valence-corrected chi connectivity index (χ2v) is 8.97. The molecule has 0 aliphatic heterocycles. The zero-order valence-corrected chi connectivity index (χ0v) is 17.9. The zero-order chi connectivity index (χ0) is 21.6. The fourth-order valence-corrected chi connectivity index (χ4v) is 4.10. The second kappa shape index (κ2) is 9.67. The molecular weight excluding hydrogens is 390 g/mol. The van der Waals surface area contributed by atoms with Gasteiger partial charge in [-0.15, -0.1) is 0 Å². The molecule has 2 aromatic carbocycles. The molecule has 0 spiro atoms. The van der Waals surface area contributed by atoms with Gasteiger partial charge in [-0.3, -0.25) is 9.59 Å². The van der Waals surface area contributed by atoms with Crippen LogP contribution in [0.1, 0.15) is 30.5 Å². The number of carbonyl (C=O) groups is 2. The predicted molar refractivity (Wildman–Crippen MR) is 113 cm³/mol. The van der Waals surface area contributed by atoms with E-state index in [1.54, 1.807) is 38.1 Å². The molecule has 2 aromatic rings. The van der Waals surface area contributed by atoms with E-state index in [1.807, 2.05) is 19.9 Å². The highest BCUT2D eigenvalue weighted by Gasteiger charge is 2.16. The Morgan fingerprint density at radius 1 is 0.931 bits per heavy atom. The Labute approximate surface area is 172 Å². The average Bonchev–Trinajstić information content (AvgIpc) is 2.60. The summed E-state index contributed by atoms with van der Waals surface area (Å²) in [6.07, 6.45) is 0.473. The van der Waals surface area contributed by atoms with Gasteiger partial charge >= 0.3 is 11.8 Å². The number of anilines is 1. The lowest BCUT2D eigenvalue weighted by Gasteiger charge is -2.10. The molecule has 29 heavy (non-hydrogen) atoms. The Hall–Kier alpha value is -2.71. The highest BCUT2D eigenvalue weighted by molar-refractivity contribution is 7.89. The lowest BCUT2D eigenvalue weighted by molar-refractivity contribution is -0.136. The molecule has 0 heterocycles. The SMILES string of the molecule is Cc1cc(C)cc(NC(=O)C(=O)NCCc2ccc(S(=O)(=O)NC(C)C)cc2)c1. The number of aryl methyl sites for hydroxylation is 2. The van der Waals surface area contributed by atoms with Crippen LogP contribution in [0.5, 0.6) is 0 Å². The van der Waals surface area contributed by atoms with Crippen LogP contribution in [0.15, 0.2) is 47.4 Å². The number of sulfonamides is 1. The number of nitrogens with one attached hydrogen (secondary N) is 3. The Bertz CT molecular complexity index is 963. The largest absolute Gasteiger partial charge is 0.347 e. The van der Waals surface area contributed by atoms with E-state index in [2.05, 4.69) is 15.4 Å². The minimum absolute atomic E-state index is 0.187. The summed E-state index contributed by atoms with van der Waals surface area (Å²) in [6, 6.07) is 11.8. The van der Waals surface area contributed by atoms with Gasteiger partial charge in [-0.1, -0.05) is 18.2 Å². The summed E-state index contributed by atoms with van der Waals surface area (Å²) < 4.78 is 26.7. The summed E-state index contributed by atoms with van der Waals surface area (Å²) in [6.45, 7) is 7.60. The molecule has 2 amide bonds. The van der Waals surface area contributed by atoms with Gasteiger partial charge in [0.15, 0.2) is 0 Å². The van der Waals surface area contributed by atoms with E-state index in [-0.39, 0.29) is 17.5 Å². The number of hydrogen-bond acceptors (Lipinski definition) is 4. The van der Waals surface area contributed by atoms with E-state index in [0.29, 0.717) is 12.1 Å². The Morgan fingerprint density at radius 3 is 2.07 bits per heavy atom. The molecule has 7 nitrogen and oxygen atoms in total. The lowest BCUT2D eigenvalue weighted by Crippen LogP contribution is -2.36. The Kier molecular flexibility index (Phi) is 7.53. The minimum Gasteiger partial charge on any atom is -0.347 e. The number of rotatable bonds is 7. The van der Waals surface area contributed by atoms with E-state index in [0.717, 1.165) is 16.7 Å². The molecule has 0 atom stereocenters. The van der Waals surface area contributed by atoms with Gasteiger partial charge in [-0.2, -0.15) is 0 Å². The average molecular weight is 418 g/mol. The first kappa shape index (κ1) is 22.6. The highest BCUT2D eigenvalue weighted by Crippen LogP contribution is 2.14. The van der Waals surface area contributed by atoms with E-state index >= 15 is 0 Å². The summed E-state index contributed by atoms with van der Waals surface area (Å²) in [4.78, 5) is 24.2. The number of benzene rings is 2. The molecule has 0 radical (unpaired) electrons. The van der Waals surface area contributed by atoms with Gasteiger partial charge in [0.2, 0.25) is 10.0 Å². The molecule has 0 unspecified atom stereocenters. The third-order valence-electron chi connectivity index (χ3n) is 4.01. The van der Waals surface area contributed by atoms with Gasteiger partial charge in [-0.25, -0.2) is 13.1 Å². The van der Waals surface area contributed by atoms with Crippen molar-refractivity contribution in [3.8, 4) is 0 Å². The van der Waals surface area contributed by atoms with Gasteiger partial charge < -0.3 is 10.6 Å². The molecule has 0 bridgehead atoms. The molecule has 156 valence electrons. The van der Waals surface area contributed by atoms with E-state index in [9.17, 15) is 18.0 Å². The molecule has 0 saturated heterocycles. The Balaban J connectivity index is 1.86. The molecule has 0 fully saturated rings. The van der Waals surface area contributed by atoms with Crippen LogP contribution in [-0.4, -0.2) is 32.8 Å². The number of carbonyl (C=O) groups excluding carboxylic acids is 2. The molecule has 0 saturated carbocycles. The number of amides is 2. The predicted octanol–water partition coefficient (Wildman–Crippen LogP) is 2.29. The van der Waals surface area contributed by atoms with Crippen molar-refractivity contribution in [3.63, 3.8) is 0 Å². The quantitative estimate of drug-likeness (QED) is 0.601. The summed E-state index contributed by atoms with van der Waals surface area (Å²) >= 11 is 0. The van der Waals surface area contributed by atoms with Crippen LogP contribution >= 0.6 is 0 Å². The summed E-state index contributed by atoms with van der Waals surface area (Å²) in [5.41, 5.74) is 3.42. The van der Waals surface area contributed by atoms with Crippen LogP contribution in [-0.2, 0) is 26.0 Å². The number of hydrogen-bond donors (Lipinski definition) is 3. The van der Waals surface area contributed by atoms with Crippen molar-refractivity contribution in [2.24, 2.45) is 0 Å². The van der Waals surface area contributed by atoms with Crippen molar-refractivity contribution < 1.29 is 18.0 Å². The van der Waals surface area contributed by atoms with Crippen LogP contribution in [0, 0.1) is 13.8 Å². The summed E-state index contributed by atoms with van der Waals surface area (Å²) in [7, 11) is -3.53. The smallest absolute Gasteiger partial charge is 0.313 e. The van der Waals surface area contributed by atoms with Crippen LogP contribution < -0.4 is 15.4 Å². The van der Waals surface area contributed by atoms with Crippen molar-refractivity contribution in [3.05, 3.63) is 59.2 Å². The standard InChI is InChI=1S/C21H27N3O4S/c1-14(2)24-29(27,28)19-7-5-17(6-8-19)9-10-22-20(25)21(26)23-18-12-15(3)11-16(4)13-18/h5-8,11-14,24H,9-10H2,1-4H3,(H,22,25)(H,23,26). The van der Waals surface area contributed by atoms with E-state index in [1.165, 1.54) is 12.1 Å². The first-order chi connectivity index (χ1) is 13.6. The molecule has 2 rings (SSSR count). The monoisotopic (exact) mass is 417 g/mol. The highest BCUT2D eigenvalue weighted by atomic mass is 32.2. The fraction of sp³-hybridized carbons (Fsp3) is 0.333. The van der Waals surface area contributed by atoms with Crippen LogP contribution in [0.25, 0.3) is 0 Å². The van der Waals surface area contributed by atoms with E-state index < -0.39 is 21.8 Å². The summed E-state index contributed by atoms with van der Waals surface area (Å²) in [5, 5.41) is 5.16. The topological polar surface area (TPSA) is 104 Å². The molecule has 0 aromatic heterocycles. The molecular formula is C21H27N3O4S. The molecule has 8 heteroatoms. The normalized spacial score (nSPS) is 11.3. The Morgan fingerprint density at radius 2 is 1.52 bits per heavy atom. The molecule has 0 aliphatic rings. The van der Waals surface area contributed by atoms with Crippen molar-refractivity contribution in [1.29, 1.82) is 0 Å². The fourth-order valence-electron chi connectivity index (χ4n) is 2.85. The third-order valence-corrected chi connectivity index (χ3v) is 5.68. The van der Waals surface area contributed by atoms with E-state index in [4.69, 9.17) is 0 Å². The van der Waals surface area contributed by atoms with Crippen molar-refractivity contribution >= 4 is 27.5 Å². The third kappa shape index (κ3) is 6.99. The summed E-state index contributed by atoms with van der Waals surface area (Å²) in [5.74, 6) is -1.44. The van der Waals surface area contributed by atoms with Crippen LogP contribution in [0.2, 0.25) is 0 Å².